The minimum Gasteiger partial charge on any atom is -0.497 e. The lowest BCUT2D eigenvalue weighted by Gasteiger charge is -2.34. The Morgan fingerprint density at radius 1 is 1.18 bits per heavy atom. The molecule has 3 N–H and O–H groups in total. The summed E-state index contributed by atoms with van der Waals surface area (Å²) >= 11 is 1.55. The van der Waals surface area contributed by atoms with E-state index in [0.29, 0.717) is 0 Å². The average molecular weight is 404 g/mol. The first kappa shape index (κ1) is 19.2. The van der Waals surface area contributed by atoms with E-state index >= 15 is 0 Å². The molecule has 0 saturated carbocycles. The van der Waals surface area contributed by atoms with Crippen LogP contribution in [0.3, 0.4) is 0 Å². The molecule has 1 atom stereocenters. The van der Waals surface area contributed by atoms with E-state index in [1.54, 1.807) is 27.9 Å². The number of aromatic nitrogens is 3. The number of ether oxygens (including phenoxy) is 1. The van der Waals surface area contributed by atoms with Gasteiger partial charge in [0, 0.05) is 12.0 Å². The summed E-state index contributed by atoms with van der Waals surface area (Å²) in [4.78, 5) is 9.40. The highest BCUT2D eigenvalue weighted by Crippen LogP contribution is 2.35. The van der Waals surface area contributed by atoms with Gasteiger partial charge >= 0.3 is 0 Å². The molecule has 7 nitrogen and oxygen atoms in total. The van der Waals surface area contributed by atoms with Gasteiger partial charge in [0.05, 0.1) is 13.7 Å². The number of aromatic hydroxyl groups is 1. The fourth-order valence-electron chi connectivity index (χ4n) is 4.06. The van der Waals surface area contributed by atoms with Crippen LogP contribution in [0.25, 0.3) is 4.96 Å². The van der Waals surface area contributed by atoms with Gasteiger partial charge in [-0.2, -0.15) is 4.52 Å². The lowest BCUT2D eigenvalue weighted by molar-refractivity contribution is -1.02. The molecule has 1 aliphatic rings. The quantitative estimate of drug-likeness (QED) is 0.540. The van der Waals surface area contributed by atoms with Crippen LogP contribution in [0.1, 0.15) is 36.2 Å². The number of thiazole rings is 1. The molecule has 3 aromatic rings. The summed E-state index contributed by atoms with van der Waals surface area (Å²) in [5.41, 5.74) is 1.19. The molecule has 4 rings (SSSR count). The molecule has 1 aliphatic heterocycles. The van der Waals surface area contributed by atoms with Gasteiger partial charge in [0.25, 0.3) is 0 Å². The SMILES string of the molecule is CCc1nc2sc([C@H](c3ccc(OC)cc3)[NH+]3CC[NH+](CC)CC3)c(O)n2n1. The van der Waals surface area contributed by atoms with E-state index in [1.165, 1.54) is 17.0 Å². The van der Waals surface area contributed by atoms with Crippen molar-refractivity contribution in [3.05, 3.63) is 40.5 Å². The van der Waals surface area contributed by atoms with Crippen LogP contribution in [0.15, 0.2) is 24.3 Å². The van der Waals surface area contributed by atoms with E-state index in [-0.39, 0.29) is 11.9 Å². The van der Waals surface area contributed by atoms with Crippen molar-refractivity contribution < 1.29 is 19.6 Å². The number of benzene rings is 1. The molecule has 0 unspecified atom stereocenters. The van der Waals surface area contributed by atoms with Crippen molar-refractivity contribution >= 4 is 16.3 Å². The molecule has 150 valence electrons. The van der Waals surface area contributed by atoms with Crippen LogP contribution < -0.4 is 14.5 Å². The highest BCUT2D eigenvalue weighted by Gasteiger charge is 2.35. The molecule has 0 amide bonds. The highest BCUT2D eigenvalue weighted by molar-refractivity contribution is 7.17. The van der Waals surface area contributed by atoms with Gasteiger partial charge in [-0.15, -0.1) is 5.10 Å². The summed E-state index contributed by atoms with van der Waals surface area (Å²) in [7, 11) is 1.68. The lowest BCUT2D eigenvalue weighted by Crippen LogP contribution is -3.28. The van der Waals surface area contributed by atoms with Crippen LogP contribution in [0.5, 0.6) is 11.6 Å². The predicted octanol–water partition coefficient (Wildman–Crippen LogP) is -0.0399. The zero-order valence-corrected chi connectivity index (χ0v) is 17.6. The summed E-state index contributed by atoms with van der Waals surface area (Å²) in [6.07, 6.45) is 0.762. The lowest BCUT2D eigenvalue weighted by atomic mass is 10.0. The van der Waals surface area contributed by atoms with E-state index in [4.69, 9.17) is 4.74 Å². The van der Waals surface area contributed by atoms with Crippen molar-refractivity contribution in [2.75, 3.05) is 39.8 Å². The Morgan fingerprint density at radius 2 is 1.89 bits per heavy atom. The number of likely N-dealkylation sites (N-methyl/N-ethyl adjacent to an activating group) is 1. The minimum atomic E-state index is 0.0721. The van der Waals surface area contributed by atoms with Crippen molar-refractivity contribution in [1.82, 2.24) is 14.6 Å². The van der Waals surface area contributed by atoms with Gasteiger partial charge in [0.2, 0.25) is 10.8 Å². The highest BCUT2D eigenvalue weighted by atomic mass is 32.1. The Labute approximate surface area is 169 Å². The number of hydrogen-bond donors (Lipinski definition) is 3. The number of methoxy groups -OCH3 is 1. The monoisotopic (exact) mass is 403 g/mol. The molecule has 0 spiro atoms. The number of aryl methyl sites for hydroxylation is 1. The third-order valence-corrected chi connectivity index (χ3v) is 6.86. The second-order valence-corrected chi connectivity index (χ2v) is 8.34. The van der Waals surface area contributed by atoms with E-state index in [0.717, 1.165) is 54.0 Å². The van der Waals surface area contributed by atoms with Gasteiger partial charge in [0.15, 0.2) is 11.9 Å². The van der Waals surface area contributed by atoms with E-state index in [9.17, 15) is 5.11 Å². The van der Waals surface area contributed by atoms with Gasteiger partial charge in [-0.05, 0) is 31.2 Å². The second kappa shape index (κ2) is 8.06. The van der Waals surface area contributed by atoms with E-state index in [2.05, 4.69) is 29.1 Å². The summed E-state index contributed by atoms with van der Waals surface area (Å²) in [6.45, 7) is 9.90. The Bertz CT molecular complexity index is 928. The molecule has 2 aromatic heterocycles. The first-order valence-electron chi connectivity index (χ1n) is 10.0. The molecule has 8 heteroatoms. The van der Waals surface area contributed by atoms with Crippen molar-refractivity contribution in [1.29, 1.82) is 0 Å². The second-order valence-electron chi connectivity index (χ2n) is 7.33. The van der Waals surface area contributed by atoms with Gasteiger partial charge in [-0.3, -0.25) is 0 Å². The maximum absolute atomic E-state index is 11.0. The van der Waals surface area contributed by atoms with Crippen LogP contribution in [-0.2, 0) is 6.42 Å². The number of piperazine rings is 1. The summed E-state index contributed by atoms with van der Waals surface area (Å²) in [6, 6.07) is 8.30. The van der Waals surface area contributed by atoms with Crippen LogP contribution in [0, 0.1) is 0 Å². The first-order valence-corrected chi connectivity index (χ1v) is 10.9. The molecule has 0 radical (unpaired) electrons. The standard InChI is InChI=1S/C20H27N5O2S/c1-4-16-21-20-25(22-16)19(26)18(28-20)17(14-6-8-15(27-3)9-7-14)24-12-10-23(5-2)11-13-24/h6-9,17,26H,4-5,10-13H2,1-3H3/p+2/t17-/m0/s1. The van der Waals surface area contributed by atoms with Crippen molar-refractivity contribution in [2.45, 2.75) is 26.3 Å². The smallest absolute Gasteiger partial charge is 0.235 e. The molecule has 1 aromatic carbocycles. The fraction of sp³-hybridized carbons (Fsp3) is 0.500. The van der Waals surface area contributed by atoms with Gasteiger partial charge in [0.1, 0.15) is 36.8 Å². The molecular weight excluding hydrogens is 374 g/mol. The molecule has 0 aliphatic carbocycles. The molecule has 1 saturated heterocycles. The Morgan fingerprint density at radius 3 is 2.46 bits per heavy atom. The zero-order chi connectivity index (χ0) is 19.7. The van der Waals surface area contributed by atoms with Crippen molar-refractivity contribution in [2.24, 2.45) is 0 Å². The van der Waals surface area contributed by atoms with Crippen LogP contribution >= 0.6 is 11.3 Å². The molecule has 3 heterocycles. The summed E-state index contributed by atoms with van der Waals surface area (Å²) in [5, 5.41) is 15.4. The number of hydrogen-bond acceptors (Lipinski definition) is 5. The van der Waals surface area contributed by atoms with Crippen LogP contribution in [-0.4, -0.2) is 59.5 Å². The molecule has 28 heavy (non-hydrogen) atoms. The fourth-order valence-corrected chi connectivity index (χ4v) is 5.22. The number of quaternary nitrogens is 2. The van der Waals surface area contributed by atoms with E-state index < -0.39 is 0 Å². The van der Waals surface area contributed by atoms with E-state index in [1.807, 2.05) is 19.1 Å². The van der Waals surface area contributed by atoms with Crippen molar-refractivity contribution in [3.8, 4) is 11.6 Å². The van der Waals surface area contributed by atoms with Crippen LogP contribution in [0.4, 0.5) is 0 Å². The molecule has 0 bridgehead atoms. The van der Waals surface area contributed by atoms with Crippen LogP contribution in [0.2, 0.25) is 0 Å². The number of rotatable bonds is 6. The average Bonchev–Trinajstić information content (AvgIpc) is 3.28. The third-order valence-electron chi connectivity index (χ3n) is 5.78. The van der Waals surface area contributed by atoms with Gasteiger partial charge in [-0.1, -0.05) is 18.3 Å². The number of fused-ring (bicyclic) bond motifs is 1. The first-order chi connectivity index (χ1) is 13.6. The third kappa shape index (κ3) is 3.47. The maximum Gasteiger partial charge on any atom is 0.235 e. The normalized spacial score (nSPS) is 21.1. The summed E-state index contributed by atoms with van der Waals surface area (Å²) in [5.74, 6) is 1.84. The summed E-state index contributed by atoms with van der Waals surface area (Å²) < 4.78 is 6.93. The van der Waals surface area contributed by atoms with Crippen molar-refractivity contribution in [3.63, 3.8) is 0 Å². The minimum absolute atomic E-state index is 0.0721. The largest absolute Gasteiger partial charge is 0.497 e. The maximum atomic E-state index is 11.0. The molecule has 1 fully saturated rings. The Hall–Kier alpha value is -2.16. The molecular formula is C20H29N5O2S+2. The zero-order valence-electron chi connectivity index (χ0n) is 16.7. The number of nitrogens with one attached hydrogen (secondary N) is 2. The predicted molar refractivity (Wildman–Crippen MR) is 109 cm³/mol. The number of nitrogens with zero attached hydrogens (tertiary/aromatic N) is 3. The van der Waals surface area contributed by atoms with Gasteiger partial charge < -0.3 is 19.6 Å². The van der Waals surface area contributed by atoms with Gasteiger partial charge in [-0.25, -0.2) is 4.98 Å². The Kier molecular flexibility index (Phi) is 5.52. The Balaban J connectivity index is 1.74. The topological polar surface area (TPSA) is 68.5 Å².